The molecule has 3 rings (SSSR count). The maximum absolute atomic E-state index is 11.6. The fraction of sp³-hybridized carbons (Fsp3) is 0.333. The molecule has 3 heteroatoms. The molecule has 2 aromatic rings. The molecule has 92 valence electrons. The number of nitrogens with zero attached hydrogens (tertiary/aromatic N) is 1. The summed E-state index contributed by atoms with van der Waals surface area (Å²) in [5.41, 5.74) is 5.31. The van der Waals surface area contributed by atoms with Gasteiger partial charge in [-0.3, -0.25) is 4.98 Å². The van der Waals surface area contributed by atoms with Crippen LogP contribution >= 0.6 is 0 Å². The summed E-state index contributed by atoms with van der Waals surface area (Å²) in [4.78, 5) is 16.3. The maximum atomic E-state index is 11.6. The van der Waals surface area contributed by atoms with Crippen molar-refractivity contribution in [1.29, 1.82) is 0 Å². The van der Waals surface area contributed by atoms with Crippen LogP contribution in [0.25, 0.3) is 10.9 Å². The van der Waals surface area contributed by atoms with Crippen molar-refractivity contribution in [2.45, 2.75) is 33.1 Å². The van der Waals surface area contributed by atoms with E-state index in [1.807, 2.05) is 26.0 Å². The fourth-order valence-electron chi connectivity index (χ4n) is 2.90. The molecule has 0 unspecified atom stereocenters. The predicted molar refractivity (Wildman–Crippen MR) is 70.2 cm³/mol. The van der Waals surface area contributed by atoms with Gasteiger partial charge in [0.2, 0.25) is 0 Å². The van der Waals surface area contributed by atoms with Crippen molar-refractivity contribution in [2.75, 3.05) is 0 Å². The van der Waals surface area contributed by atoms with E-state index in [-0.39, 0.29) is 0 Å². The minimum absolute atomic E-state index is 0.480. The number of aryl methyl sites for hydroxylation is 3. The van der Waals surface area contributed by atoms with E-state index in [0.717, 1.165) is 52.5 Å². The first kappa shape index (κ1) is 11.2. The Balaban J connectivity index is 2.54. The van der Waals surface area contributed by atoms with E-state index in [4.69, 9.17) is 4.98 Å². The highest BCUT2D eigenvalue weighted by Gasteiger charge is 2.24. The predicted octanol–water partition coefficient (Wildman–Crippen LogP) is 3.04. The Hall–Kier alpha value is -1.90. The molecular formula is C15H15NO2. The molecule has 0 aliphatic heterocycles. The molecule has 0 fully saturated rings. The van der Waals surface area contributed by atoms with Gasteiger partial charge < -0.3 is 5.11 Å². The second-order valence-electron chi connectivity index (χ2n) is 4.99. The Bertz CT molecular complexity index is 674. The zero-order valence-electron chi connectivity index (χ0n) is 10.6. The number of aromatic nitrogens is 1. The van der Waals surface area contributed by atoms with Gasteiger partial charge in [0.25, 0.3) is 0 Å². The van der Waals surface area contributed by atoms with Gasteiger partial charge in [0.05, 0.1) is 11.1 Å². The Morgan fingerprint density at radius 1 is 1.22 bits per heavy atom. The summed E-state index contributed by atoms with van der Waals surface area (Å²) in [6.07, 6.45) is 2.75. The van der Waals surface area contributed by atoms with Crippen molar-refractivity contribution in [3.63, 3.8) is 0 Å². The smallest absolute Gasteiger partial charge is 0.336 e. The average molecular weight is 241 g/mol. The highest BCUT2D eigenvalue weighted by molar-refractivity contribution is 6.06. The number of carboxylic acid groups (broad SMARTS) is 1. The van der Waals surface area contributed by atoms with Crippen molar-refractivity contribution in [3.05, 3.63) is 40.1 Å². The fourth-order valence-corrected chi connectivity index (χ4v) is 2.90. The summed E-state index contributed by atoms with van der Waals surface area (Å²) in [7, 11) is 0. The van der Waals surface area contributed by atoms with E-state index in [9.17, 15) is 9.90 Å². The Kier molecular flexibility index (Phi) is 2.37. The quantitative estimate of drug-likeness (QED) is 0.834. The lowest BCUT2D eigenvalue weighted by molar-refractivity contribution is 0.0698. The molecule has 1 aliphatic rings. The lowest BCUT2D eigenvalue weighted by Crippen LogP contribution is -2.07. The molecule has 0 radical (unpaired) electrons. The van der Waals surface area contributed by atoms with Gasteiger partial charge in [-0.2, -0.15) is 0 Å². The zero-order chi connectivity index (χ0) is 12.9. The topological polar surface area (TPSA) is 50.2 Å². The molecule has 1 aromatic heterocycles. The van der Waals surface area contributed by atoms with Gasteiger partial charge in [0, 0.05) is 11.1 Å². The largest absolute Gasteiger partial charge is 0.478 e. The maximum Gasteiger partial charge on any atom is 0.336 e. The van der Waals surface area contributed by atoms with Crippen molar-refractivity contribution in [3.8, 4) is 0 Å². The Morgan fingerprint density at radius 2 is 1.94 bits per heavy atom. The summed E-state index contributed by atoms with van der Waals surface area (Å²) in [6.45, 7) is 3.94. The lowest BCUT2D eigenvalue weighted by Gasteiger charge is -2.12. The van der Waals surface area contributed by atoms with Gasteiger partial charge in [-0.25, -0.2) is 4.79 Å². The molecule has 0 amide bonds. The zero-order valence-corrected chi connectivity index (χ0v) is 10.6. The minimum Gasteiger partial charge on any atom is -0.478 e. The first-order valence-corrected chi connectivity index (χ1v) is 6.24. The van der Waals surface area contributed by atoms with Crippen molar-refractivity contribution < 1.29 is 9.90 Å². The molecule has 1 N–H and O–H groups in total. The van der Waals surface area contributed by atoms with Crippen LogP contribution in [0.4, 0.5) is 0 Å². The molecule has 0 saturated heterocycles. The molecule has 0 saturated carbocycles. The van der Waals surface area contributed by atoms with Crippen LogP contribution in [0.15, 0.2) is 12.1 Å². The van der Waals surface area contributed by atoms with Crippen LogP contribution in [0, 0.1) is 13.8 Å². The van der Waals surface area contributed by atoms with Crippen LogP contribution < -0.4 is 0 Å². The summed E-state index contributed by atoms with van der Waals surface area (Å²) in [5, 5.41) is 10.4. The van der Waals surface area contributed by atoms with Gasteiger partial charge in [-0.15, -0.1) is 0 Å². The van der Waals surface area contributed by atoms with E-state index in [1.54, 1.807) is 0 Å². The van der Waals surface area contributed by atoms with Crippen LogP contribution in [-0.2, 0) is 12.8 Å². The third-order valence-corrected chi connectivity index (χ3v) is 3.79. The molecular weight excluding hydrogens is 226 g/mol. The van der Waals surface area contributed by atoms with Crippen LogP contribution in [0.2, 0.25) is 0 Å². The molecule has 0 atom stereocenters. The number of rotatable bonds is 1. The molecule has 3 nitrogen and oxygen atoms in total. The average Bonchev–Trinajstić information content (AvgIpc) is 2.79. The van der Waals surface area contributed by atoms with Gasteiger partial charge in [0.1, 0.15) is 0 Å². The van der Waals surface area contributed by atoms with Crippen LogP contribution in [-0.4, -0.2) is 16.1 Å². The molecule has 18 heavy (non-hydrogen) atoms. The summed E-state index contributed by atoms with van der Waals surface area (Å²) >= 11 is 0. The molecule has 1 aliphatic carbocycles. The molecule has 1 aromatic carbocycles. The van der Waals surface area contributed by atoms with Gasteiger partial charge in [-0.05, 0) is 49.8 Å². The van der Waals surface area contributed by atoms with Gasteiger partial charge >= 0.3 is 5.97 Å². The van der Waals surface area contributed by atoms with Gasteiger partial charge in [0.15, 0.2) is 0 Å². The number of pyridine rings is 1. The third-order valence-electron chi connectivity index (χ3n) is 3.79. The number of fused-ring (bicyclic) bond motifs is 2. The Labute approximate surface area is 105 Å². The van der Waals surface area contributed by atoms with E-state index >= 15 is 0 Å². The monoisotopic (exact) mass is 241 g/mol. The van der Waals surface area contributed by atoms with E-state index in [1.165, 1.54) is 0 Å². The normalized spacial score (nSPS) is 13.9. The lowest BCUT2D eigenvalue weighted by atomic mass is 9.96. The summed E-state index contributed by atoms with van der Waals surface area (Å²) < 4.78 is 0. The number of aromatic carboxylic acids is 1. The molecule has 1 heterocycles. The highest BCUT2D eigenvalue weighted by atomic mass is 16.4. The SMILES string of the molecule is Cc1ccc(C)c2c(C(=O)O)c3c(nc12)CCC3. The van der Waals surface area contributed by atoms with E-state index in [2.05, 4.69) is 0 Å². The van der Waals surface area contributed by atoms with Crippen LogP contribution in [0.3, 0.4) is 0 Å². The highest BCUT2D eigenvalue weighted by Crippen LogP contribution is 2.32. The number of benzene rings is 1. The number of hydrogen-bond acceptors (Lipinski definition) is 2. The summed E-state index contributed by atoms with van der Waals surface area (Å²) in [5.74, 6) is -0.825. The minimum atomic E-state index is -0.825. The summed E-state index contributed by atoms with van der Waals surface area (Å²) in [6, 6.07) is 3.99. The third kappa shape index (κ3) is 1.43. The van der Waals surface area contributed by atoms with E-state index < -0.39 is 5.97 Å². The van der Waals surface area contributed by atoms with Crippen LogP contribution in [0.1, 0.15) is 39.2 Å². The Morgan fingerprint density at radius 3 is 2.67 bits per heavy atom. The first-order valence-electron chi connectivity index (χ1n) is 6.24. The van der Waals surface area contributed by atoms with Crippen molar-refractivity contribution in [1.82, 2.24) is 4.98 Å². The van der Waals surface area contributed by atoms with E-state index in [0.29, 0.717) is 5.56 Å². The van der Waals surface area contributed by atoms with Crippen molar-refractivity contribution >= 4 is 16.9 Å². The van der Waals surface area contributed by atoms with Crippen molar-refractivity contribution in [2.24, 2.45) is 0 Å². The molecule has 0 spiro atoms. The van der Waals surface area contributed by atoms with Gasteiger partial charge in [-0.1, -0.05) is 12.1 Å². The number of carbonyl (C=O) groups is 1. The number of carboxylic acids is 1. The number of hydrogen-bond donors (Lipinski definition) is 1. The second-order valence-corrected chi connectivity index (χ2v) is 4.99. The molecule has 0 bridgehead atoms. The second kappa shape index (κ2) is 3.80. The standard InChI is InChI=1S/C15H15NO2/c1-8-6-7-9(2)14-12(8)13(15(17)18)10-4-3-5-11(10)16-14/h6-7H,3-5H2,1-2H3,(H,17,18). The first-order chi connectivity index (χ1) is 8.59. The van der Waals surface area contributed by atoms with Crippen LogP contribution in [0.5, 0.6) is 0 Å².